The fourth-order valence-corrected chi connectivity index (χ4v) is 1.95. The number of carbonyl (C=O) groups is 2. The number of carbonyl (C=O) groups excluding carboxylic acids is 2. The first-order chi connectivity index (χ1) is 9.97. The fraction of sp³-hybridized carbons (Fsp3) is 0.267. The molecule has 1 unspecified atom stereocenters. The highest BCUT2D eigenvalue weighted by Crippen LogP contribution is 2.20. The molecule has 1 aromatic heterocycles. The Labute approximate surface area is 123 Å². The quantitative estimate of drug-likeness (QED) is 0.905. The van der Waals surface area contributed by atoms with Crippen molar-refractivity contribution in [2.24, 2.45) is 0 Å². The van der Waals surface area contributed by atoms with Gasteiger partial charge in [-0.2, -0.15) is 5.10 Å². The molecule has 0 fully saturated rings. The maximum absolute atomic E-state index is 12.1. The Kier molecular flexibility index (Phi) is 4.37. The molecule has 0 radical (unpaired) electrons. The van der Waals surface area contributed by atoms with Gasteiger partial charge in [-0.25, -0.2) is 0 Å². The molecule has 0 bridgehead atoms. The van der Waals surface area contributed by atoms with Crippen molar-refractivity contribution >= 4 is 23.2 Å². The van der Waals surface area contributed by atoms with Crippen LogP contribution < -0.4 is 10.6 Å². The lowest BCUT2D eigenvalue weighted by Crippen LogP contribution is -2.24. The Morgan fingerprint density at radius 3 is 2.62 bits per heavy atom. The number of benzene rings is 1. The Hall–Kier alpha value is -2.63. The van der Waals surface area contributed by atoms with Crippen LogP contribution in [0, 0.1) is 6.92 Å². The van der Waals surface area contributed by atoms with Crippen molar-refractivity contribution in [3.05, 3.63) is 42.2 Å². The molecular formula is C15H18N4O2. The highest BCUT2D eigenvalue weighted by atomic mass is 16.2. The van der Waals surface area contributed by atoms with Gasteiger partial charge in [0.15, 0.2) is 0 Å². The first kappa shape index (κ1) is 14.8. The highest BCUT2D eigenvalue weighted by molar-refractivity contribution is 5.94. The van der Waals surface area contributed by atoms with E-state index in [2.05, 4.69) is 15.7 Å². The third-order valence-corrected chi connectivity index (χ3v) is 3.11. The van der Waals surface area contributed by atoms with Gasteiger partial charge in [-0.15, -0.1) is 0 Å². The molecule has 0 saturated heterocycles. The number of nitrogens with one attached hydrogen (secondary N) is 2. The number of aryl methyl sites for hydroxylation is 1. The summed E-state index contributed by atoms with van der Waals surface area (Å²) in [4.78, 5) is 23.2. The number of nitrogens with zero attached hydrogens (tertiary/aromatic N) is 2. The average Bonchev–Trinajstić information content (AvgIpc) is 2.94. The molecule has 2 aromatic rings. The van der Waals surface area contributed by atoms with Crippen LogP contribution in [0.15, 0.2) is 36.7 Å². The Balaban J connectivity index is 2.08. The summed E-state index contributed by atoms with van der Waals surface area (Å²) in [6.45, 7) is 5.11. The topological polar surface area (TPSA) is 76.0 Å². The average molecular weight is 286 g/mol. The van der Waals surface area contributed by atoms with Gasteiger partial charge >= 0.3 is 0 Å². The van der Waals surface area contributed by atoms with Crippen LogP contribution in [0.3, 0.4) is 0 Å². The van der Waals surface area contributed by atoms with E-state index in [1.54, 1.807) is 42.2 Å². The van der Waals surface area contributed by atoms with Crippen molar-refractivity contribution in [2.45, 2.75) is 26.8 Å². The second-order valence-electron chi connectivity index (χ2n) is 4.86. The highest BCUT2D eigenvalue weighted by Gasteiger charge is 2.15. The molecule has 0 aliphatic heterocycles. The lowest BCUT2D eigenvalue weighted by molar-refractivity contribution is -0.119. The molecule has 0 spiro atoms. The first-order valence-corrected chi connectivity index (χ1v) is 6.65. The molecule has 0 aliphatic rings. The third-order valence-electron chi connectivity index (χ3n) is 3.11. The van der Waals surface area contributed by atoms with Gasteiger partial charge in [-0.05, 0) is 43.7 Å². The van der Waals surface area contributed by atoms with Gasteiger partial charge in [-0.3, -0.25) is 14.3 Å². The zero-order valence-electron chi connectivity index (χ0n) is 12.3. The summed E-state index contributed by atoms with van der Waals surface area (Å²) in [7, 11) is 0. The van der Waals surface area contributed by atoms with Crippen molar-refractivity contribution in [2.75, 3.05) is 10.6 Å². The van der Waals surface area contributed by atoms with E-state index in [9.17, 15) is 9.59 Å². The van der Waals surface area contributed by atoms with E-state index in [1.807, 2.05) is 13.0 Å². The lowest BCUT2D eigenvalue weighted by Gasteiger charge is -2.14. The van der Waals surface area contributed by atoms with E-state index in [-0.39, 0.29) is 11.8 Å². The van der Waals surface area contributed by atoms with Gasteiger partial charge in [0.05, 0.1) is 0 Å². The summed E-state index contributed by atoms with van der Waals surface area (Å²) in [6.07, 6.45) is 3.38. The van der Waals surface area contributed by atoms with Crippen LogP contribution in [0.1, 0.15) is 25.5 Å². The molecule has 6 heteroatoms. The summed E-state index contributed by atoms with van der Waals surface area (Å²) < 4.78 is 1.59. The molecule has 2 N–H and O–H groups in total. The minimum atomic E-state index is -0.393. The van der Waals surface area contributed by atoms with E-state index in [0.29, 0.717) is 5.69 Å². The second kappa shape index (κ2) is 6.21. The SMILES string of the molecule is CC(=O)Nc1ccc(NC(=O)C(C)n2cccn2)cc1C. The number of hydrogen-bond donors (Lipinski definition) is 2. The predicted octanol–water partition coefficient (Wildman–Crippen LogP) is 2.35. The van der Waals surface area contributed by atoms with Crippen molar-refractivity contribution in [1.29, 1.82) is 0 Å². The normalized spacial score (nSPS) is 11.8. The molecular weight excluding hydrogens is 268 g/mol. The number of hydrogen-bond acceptors (Lipinski definition) is 3. The summed E-state index contributed by atoms with van der Waals surface area (Å²) in [5, 5.41) is 9.62. The first-order valence-electron chi connectivity index (χ1n) is 6.65. The van der Waals surface area contributed by atoms with Crippen LogP contribution in [0.2, 0.25) is 0 Å². The number of aromatic nitrogens is 2. The predicted molar refractivity (Wildman–Crippen MR) is 81.1 cm³/mol. The van der Waals surface area contributed by atoms with Crippen LogP contribution in [0.4, 0.5) is 11.4 Å². The van der Waals surface area contributed by atoms with E-state index in [1.165, 1.54) is 6.92 Å². The minimum absolute atomic E-state index is 0.123. The molecule has 6 nitrogen and oxygen atoms in total. The standard InChI is InChI=1S/C15H18N4O2/c1-10-9-13(5-6-14(10)17-12(3)20)18-15(21)11(2)19-8-4-7-16-19/h4-9,11H,1-3H3,(H,17,20)(H,18,21). The van der Waals surface area contributed by atoms with Gasteiger partial charge in [0.2, 0.25) is 11.8 Å². The number of amides is 2. The van der Waals surface area contributed by atoms with E-state index >= 15 is 0 Å². The van der Waals surface area contributed by atoms with Crippen molar-refractivity contribution in [1.82, 2.24) is 9.78 Å². The van der Waals surface area contributed by atoms with E-state index in [4.69, 9.17) is 0 Å². The molecule has 2 rings (SSSR count). The third kappa shape index (κ3) is 3.68. The second-order valence-corrected chi connectivity index (χ2v) is 4.86. The van der Waals surface area contributed by atoms with Crippen molar-refractivity contribution in [3.8, 4) is 0 Å². The van der Waals surface area contributed by atoms with Crippen LogP contribution in [0.5, 0.6) is 0 Å². The number of rotatable bonds is 4. The van der Waals surface area contributed by atoms with Crippen LogP contribution in [-0.2, 0) is 9.59 Å². The molecule has 110 valence electrons. The van der Waals surface area contributed by atoms with Crippen molar-refractivity contribution in [3.63, 3.8) is 0 Å². The van der Waals surface area contributed by atoms with E-state index < -0.39 is 6.04 Å². The van der Waals surface area contributed by atoms with E-state index in [0.717, 1.165) is 11.3 Å². The Morgan fingerprint density at radius 1 is 1.29 bits per heavy atom. The number of anilines is 2. The van der Waals surface area contributed by atoms with Crippen molar-refractivity contribution < 1.29 is 9.59 Å². The fourth-order valence-electron chi connectivity index (χ4n) is 1.95. The van der Waals surface area contributed by atoms with Gasteiger partial charge in [-0.1, -0.05) is 0 Å². The van der Waals surface area contributed by atoms with Crippen LogP contribution >= 0.6 is 0 Å². The minimum Gasteiger partial charge on any atom is -0.326 e. The largest absolute Gasteiger partial charge is 0.326 e. The summed E-state index contributed by atoms with van der Waals surface area (Å²) in [5.74, 6) is -0.271. The van der Waals surface area contributed by atoms with Crippen LogP contribution in [0.25, 0.3) is 0 Å². The molecule has 0 aliphatic carbocycles. The molecule has 21 heavy (non-hydrogen) atoms. The van der Waals surface area contributed by atoms with Gasteiger partial charge in [0.25, 0.3) is 0 Å². The van der Waals surface area contributed by atoms with Crippen LogP contribution in [-0.4, -0.2) is 21.6 Å². The monoisotopic (exact) mass is 286 g/mol. The zero-order chi connectivity index (χ0) is 15.4. The molecule has 1 aromatic carbocycles. The molecule has 0 saturated carbocycles. The Bertz CT molecular complexity index is 650. The zero-order valence-corrected chi connectivity index (χ0v) is 12.3. The molecule has 1 heterocycles. The van der Waals surface area contributed by atoms with Gasteiger partial charge in [0.1, 0.15) is 6.04 Å². The Morgan fingerprint density at radius 2 is 2.05 bits per heavy atom. The maximum atomic E-state index is 12.1. The van der Waals surface area contributed by atoms with Gasteiger partial charge in [0, 0.05) is 30.7 Å². The summed E-state index contributed by atoms with van der Waals surface area (Å²) >= 11 is 0. The maximum Gasteiger partial charge on any atom is 0.248 e. The summed E-state index contributed by atoms with van der Waals surface area (Å²) in [5.41, 5.74) is 2.31. The molecule has 2 amide bonds. The van der Waals surface area contributed by atoms with Gasteiger partial charge < -0.3 is 10.6 Å². The molecule has 1 atom stereocenters. The summed E-state index contributed by atoms with van der Waals surface area (Å²) in [6, 6.07) is 6.72. The smallest absolute Gasteiger partial charge is 0.248 e. The lowest BCUT2D eigenvalue weighted by atomic mass is 10.1.